The average Bonchev–Trinajstić information content (AvgIpc) is 3.00. The summed E-state index contributed by atoms with van der Waals surface area (Å²) in [5.74, 6) is 0.770. The van der Waals surface area contributed by atoms with E-state index in [9.17, 15) is 0 Å². The highest BCUT2D eigenvalue weighted by atomic mass is 16.7. The lowest BCUT2D eigenvalue weighted by Crippen LogP contribution is -2.37. The Morgan fingerprint density at radius 3 is 2.88 bits per heavy atom. The van der Waals surface area contributed by atoms with E-state index in [-0.39, 0.29) is 12.4 Å². The normalized spacial score (nSPS) is 30.8. The number of piperidine rings is 1. The molecule has 0 aliphatic carbocycles. The van der Waals surface area contributed by atoms with Crippen LogP contribution in [0, 0.1) is 0 Å². The number of ether oxygens (including phenoxy) is 2. The second kappa shape index (κ2) is 5.21. The second-order valence-electron chi connectivity index (χ2n) is 4.80. The van der Waals surface area contributed by atoms with E-state index in [0.29, 0.717) is 6.61 Å². The molecule has 17 heavy (non-hydrogen) atoms. The zero-order valence-electron chi connectivity index (χ0n) is 10.0. The fourth-order valence-corrected chi connectivity index (χ4v) is 2.55. The number of hydrogen-bond donors (Lipinski definition) is 0. The highest BCUT2D eigenvalue weighted by Crippen LogP contribution is 2.27. The molecule has 0 radical (unpaired) electrons. The van der Waals surface area contributed by atoms with Crippen LogP contribution in [0.15, 0.2) is 22.8 Å². The van der Waals surface area contributed by atoms with Gasteiger partial charge in [0, 0.05) is 6.54 Å². The number of likely N-dealkylation sites (tertiary alicyclic amines) is 1. The monoisotopic (exact) mass is 237 g/mol. The van der Waals surface area contributed by atoms with Crippen LogP contribution in [-0.4, -0.2) is 37.2 Å². The lowest BCUT2D eigenvalue weighted by atomic mass is 10.1. The molecule has 4 heteroatoms. The molecule has 2 atom stereocenters. The molecule has 2 aliphatic rings. The third-order valence-electron chi connectivity index (χ3n) is 3.44. The molecule has 2 fully saturated rings. The highest BCUT2D eigenvalue weighted by Gasteiger charge is 2.30. The Hall–Kier alpha value is -0.840. The second-order valence-corrected chi connectivity index (χ2v) is 4.80. The van der Waals surface area contributed by atoms with Crippen LogP contribution in [0.1, 0.15) is 31.3 Å². The summed E-state index contributed by atoms with van der Waals surface area (Å²) in [6.07, 6.45) is 5.53. The fraction of sp³-hybridized carbons (Fsp3) is 0.692. The largest absolute Gasteiger partial charge is 0.464 e. The van der Waals surface area contributed by atoms with Crippen LogP contribution < -0.4 is 0 Å². The first-order valence-electron chi connectivity index (χ1n) is 6.44. The minimum Gasteiger partial charge on any atom is -0.464 e. The first-order chi connectivity index (χ1) is 8.42. The summed E-state index contributed by atoms with van der Waals surface area (Å²) >= 11 is 0. The molecule has 1 aromatic heterocycles. The van der Waals surface area contributed by atoms with Crippen LogP contribution >= 0.6 is 0 Å². The lowest BCUT2D eigenvalue weighted by molar-refractivity contribution is -0.0778. The van der Waals surface area contributed by atoms with Crippen LogP contribution in [0.4, 0.5) is 0 Å². The average molecular weight is 237 g/mol. The van der Waals surface area contributed by atoms with Gasteiger partial charge < -0.3 is 18.8 Å². The molecule has 3 heterocycles. The SMILES string of the molecule is c1coc([C@@H]2OC[C@H](CN3CCCCC3)O2)c1. The first-order valence-corrected chi connectivity index (χ1v) is 6.44. The van der Waals surface area contributed by atoms with Crippen molar-refractivity contribution in [3.8, 4) is 0 Å². The standard InChI is InChI=1S/C13H19NO3/c1-2-6-14(7-3-1)9-11-10-16-13(17-11)12-5-4-8-15-12/h4-5,8,11,13H,1-3,6-7,9-10H2/t11-,13+/m0/s1. The van der Waals surface area contributed by atoms with E-state index in [0.717, 1.165) is 12.3 Å². The number of nitrogens with zero attached hydrogens (tertiary/aromatic N) is 1. The smallest absolute Gasteiger partial charge is 0.217 e. The van der Waals surface area contributed by atoms with E-state index in [1.807, 2.05) is 12.1 Å². The zero-order chi connectivity index (χ0) is 11.5. The molecule has 0 unspecified atom stereocenters. The summed E-state index contributed by atoms with van der Waals surface area (Å²) in [6.45, 7) is 4.05. The van der Waals surface area contributed by atoms with Crippen LogP contribution in [0.2, 0.25) is 0 Å². The maximum absolute atomic E-state index is 5.85. The van der Waals surface area contributed by atoms with Crippen LogP contribution in [0.3, 0.4) is 0 Å². The minimum absolute atomic E-state index is 0.184. The van der Waals surface area contributed by atoms with Gasteiger partial charge in [-0.3, -0.25) is 0 Å². The molecule has 1 aromatic rings. The Labute approximate surface area is 101 Å². The summed E-state index contributed by atoms with van der Waals surface area (Å²) < 4.78 is 16.8. The van der Waals surface area contributed by atoms with Crippen molar-refractivity contribution >= 4 is 0 Å². The molecule has 4 nitrogen and oxygen atoms in total. The maximum atomic E-state index is 5.85. The Morgan fingerprint density at radius 1 is 1.24 bits per heavy atom. The highest BCUT2D eigenvalue weighted by molar-refractivity contribution is 5.00. The predicted octanol–water partition coefficient (Wildman–Crippen LogP) is 2.18. The third kappa shape index (κ3) is 2.70. The van der Waals surface area contributed by atoms with Crippen molar-refractivity contribution in [2.75, 3.05) is 26.2 Å². The first kappa shape index (κ1) is 11.3. The van der Waals surface area contributed by atoms with Gasteiger partial charge >= 0.3 is 0 Å². The molecule has 0 N–H and O–H groups in total. The molecule has 0 aromatic carbocycles. The van der Waals surface area contributed by atoms with Gasteiger partial charge in [0.25, 0.3) is 0 Å². The van der Waals surface area contributed by atoms with E-state index < -0.39 is 0 Å². The maximum Gasteiger partial charge on any atom is 0.217 e. The molecule has 0 spiro atoms. The quantitative estimate of drug-likeness (QED) is 0.807. The van der Waals surface area contributed by atoms with Crippen molar-refractivity contribution in [1.82, 2.24) is 4.90 Å². The van der Waals surface area contributed by atoms with Crippen molar-refractivity contribution in [3.05, 3.63) is 24.2 Å². The van der Waals surface area contributed by atoms with Gasteiger partial charge in [0.1, 0.15) is 0 Å². The predicted molar refractivity (Wildman–Crippen MR) is 62.6 cm³/mol. The summed E-state index contributed by atoms with van der Waals surface area (Å²) in [6, 6.07) is 3.76. The molecule has 2 saturated heterocycles. The number of rotatable bonds is 3. The summed E-state index contributed by atoms with van der Waals surface area (Å²) in [5.41, 5.74) is 0. The summed E-state index contributed by atoms with van der Waals surface area (Å²) in [7, 11) is 0. The molecule has 0 saturated carbocycles. The van der Waals surface area contributed by atoms with Crippen LogP contribution in [0.25, 0.3) is 0 Å². The summed E-state index contributed by atoms with van der Waals surface area (Å²) in [4.78, 5) is 2.47. The van der Waals surface area contributed by atoms with Gasteiger partial charge in [-0.1, -0.05) is 6.42 Å². The van der Waals surface area contributed by atoms with E-state index in [4.69, 9.17) is 13.9 Å². The van der Waals surface area contributed by atoms with Crippen molar-refractivity contribution in [3.63, 3.8) is 0 Å². The van der Waals surface area contributed by atoms with E-state index in [2.05, 4.69) is 4.90 Å². The van der Waals surface area contributed by atoms with Crippen molar-refractivity contribution < 1.29 is 13.9 Å². The molecular weight excluding hydrogens is 218 g/mol. The zero-order valence-corrected chi connectivity index (χ0v) is 10.0. The Morgan fingerprint density at radius 2 is 2.12 bits per heavy atom. The summed E-state index contributed by atoms with van der Waals surface area (Å²) in [5, 5.41) is 0. The topological polar surface area (TPSA) is 34.8 Å². The fourth-order valence-electron chi connectivity index (χ4n) is 2.55. The molecule has 94 valence electrons. The van der Waals surface area contributed by atoms with Crippen molar-refractivity contribution in [2.24, 2.45) is 0 Å². The van der Waals surface area contributed by atoms with Gasteiger partial charge in [0.05, 0.1) is 19.0 Å². The van der Waals surface area contributed by atoms with Gasteiger partial charge in [0.2, 0.25) is 6.29 Å². The van der Waals surface area contributed by atoms with E-state index >= 15 is 0 Å². The molecule has 3 rings (SSSR count). The molecule has 0 amide bonds. The Bertz CT molecular complexity index is 332. The Kier molecular flexibility index (Phi) is 3.45. The van der Waals surface area contributed by atoms with E-state index in [1.165, 1.54) is 32.4 Å². The van der Waals surface area contributed by atoms with Gasteiger partial charge in [-0.15, -0.1) is 0 Å². The molecule has 0 bridgehead atoms. The third-order valence-corrected chi connectivity index (χ3v) is 3.44. The van der Waals surface area contributed by atoms with E-state index in [1.54, 1.807) is 6.26 Å². The molecular formula is C13H19NO3. The lowest BCUT2D eigenvalue weighted by Gasteiger charge is -2.28. The van der Waals surface area contributed by atoms with Gasteiger partial charge in [0.15, 0.2) is 5.76 Å². The minimum atomic E-state index is -0.306. The van der Waals surface area contributed by atoms with Crippen molar-refractivity contribution in [2.45, 2.75) is 31.7 Å². The molecule has 2 aliphatic heterocycles. The van der Waals surface area contributed by atoms with Gasteiger partial charge in [-0.05, 0) is 38.1 Å². The van der Waals surface area contributed by atoms with Crippen LogP contribution in [0.5, 0.6) is 0 Å². The Balaban J connectivity index is 1.50. The number of hydrogen-bond acceptors (Lipinski definition) is 4. The number of furan rings is 1. The van der Waals surface area contributed by atoms with Gasteiger partial charge in [-0.2, -0.15) is 0 Å². The van der Waals surface area contributed by atoms with Crippen LogP contribution in [-0.2, 0) is 9.47 Å². The van der Waals surface area contributed by atoms with Crippen molar-refractivity contribution in [1.29, 1.82) is 0 Å². The van der Waals surface area contributed by atoms with Gasteiger partial charge in [-0.25, -0.2) is 0 Å².